The van der Waals surface area contributed by atoms with Crippen LogP contribution in [0.5, 0.6) is 0 Å². The van der Waals surface area contributed by atoms with Crippen LogP contribution < -0.4 is 10.9 Å². The number of nitrogens with zero attached hydrogens (tertiary/aromatic N) is 1. The minimum absolute atomic E-state index is 0.159. The van der Waals surface area contributed by atoms with Gasteiger partial charge in [-0.1, -0.05) is 11.6 Å². The van der Waals surface area contributed by atoms with Crippen LogP contribution in [0, 0.1) is 12.3 Å². The number of aromatic nitrogens is 1. The van der Waals surface area contributed by atoms with Gasteiger partial charge in [-0.05, 0) is 19.1 Å². The summed E-state index contributed by atoms with van der Waals surface area (Å²) in [4.78, 5) is 22.9. The van der Waals surface area contributed by atoms with Crippen LogP contribution in [-0.4, -0.2) is 28.4 Å². The van der Waals surface area contributed by atoms with Crippen molar-refractivity contribution in [3.05, 3.63) is 39.7 Å². The van der Waals surface area contributed by atoms with Crippen molar-refractivity contribution in [2.45, 2.75) is 6.92 Å². The second kappa shape index (κ2) is 5.16. The summed E-state index contributed by atoms with van der Waals surface area (Å²) in [5, 5.41) is 19.7. The van der Waals surface area contributed by atoms with E-state index in [2.05, 4.69) is 5.32 Å². The molecule has 2 aromatic rings. The van der Waals surface area contributed by atoms with Crippen molar-refractivity contribution in [1.29, 1.82) is 5.41 Å². The molecule has 0 saturated heterocycles. The van der Waals surface area contributed by atoms with E-state index in [4.69, 9.17) is 10.5 Å². The van der Waals surface area contributed by atoms with Gasteiger partial charge in [0.25, 0.3) is 5.56 Å². The number of benzene rings is 1. The van der Waals surface area contributed by atoms with Crippen LogP contribution in [0.2, 0.25) is 0 Å². The summed E-state index contributed by atoms with van der Waals surface area (Å²) in [5.74, 6) is -1.03. The van der Waals surface area contributed by atoms with Crippen molar-refractivity contribution in [3.63, 3.8) is 0 Å². The summed E-state index contributed by atoms with van der Waals surface area (Å²) in [6.07, 6.45) is 0.953. The molecule has 2 rings (SSSR count). The Hall–Kier alpha value is -2.63. The number of rotatable bonds is 4. The van der Waals surface area contributed by atoms with Crippen molar-refractivity contribution >= 4 is 28.8 Å². The zero-order valence-corrected chi connectivity index (χ0v) is 11.2. The molecule has 6 nitrogen and oxygen atoms in total. The number of carboxylic acid groups (broad SMARTS) is 1. The van der Waals surface area contributed by atoms with Crippen LogP contribution in [0.1, 0.15) is 11.1 Å². The molecule has 0 aliphatic rings. The lowest BCUT2D eigenvalue weighted by atomic mass is 10.1. The number of fused-ring (bicyclic) bond motifs is 1. The van der Waals surface area contributed by atoms with E-state index in [1.54, 1.807) is 7.05 Å². The van der Waals surface area contributed by atoms with Crippen LogP contribution in [-0.2, 0) is 11.8 Å². The number of pyridine rings is 1. The zero-order valence-electron chi connectivity index (χ0n) is 11.2. The molecule has 1 aromatic carbocycles. The maximum atomic E-state index is 12.2. The summed E-state index contributed by atoms with van der Waals surface area (Å²) < 4.78 is 1.46. The molecule has 0 aliphatic carbocycles. The highest BCUT2D eigenvalue weighted by atomic mass is 16.4. The van der Waals surface area contributed by atoms with Gasteiger partial charge in [0.1, 0.15) is 6.54 Å². The Labute approximate surface area is 115 Å². The summed E-state index contributed by atoms with van der Waals surface area (Å²) >= 11 is 0. The lowest BCUT2D eigenvalue weighted by Crippen LogP contribution is -2.25. The molecule has 0 atom stereocenters. The quantitative estimate of drug-likeness (QED) is 0.732. The first kappa shape index (κ1) is 13.8. The fourth-order valence-corrected chi connectivity index (χ4v) is 2.17. The van der Waals surface area contributed by atoms with E-state index in [0.717, 1.165) is 17.2 Å². The van der Waals surface area contributed by atoms with Crippen molar-refractivity contribution in [2.24, 2.45) is 7.05 Å². The molecule has 0 bridgehead atoms. The molecule has 0 radical (unpaired) electrons. The summed E-state index contributed by atoms with van der Waals surface area (Å²) in [6, 6.07) is 5.56. The fourth-order valence-electron chi connectivity index (χ4n) is 2.17. The maximum absolute atomic E-state index is 12.2. The van der Waals surface area contributed by atoms with E-state index in [-0.39, 0.29) is 17.7 Å². The number of carbonyl (C=O) groups is 1. The minimum atomic E-state index is -1.03. The van der Waals surface area contributed by atoms with Gasteiger partial charge in [-0.25, -0.2) is 0 Å². The third-order valence-corrected chi connectivity index (χ3v) is 3.15. The second-order valence-electron chi connectivity index (χ2n) is 4.57. The van der Waals surface area contributed by atoms with E-state index in [0.29, 0.717) is 11.2 Å². The molecule has 0 saturated carbocycles. The van der Waals surface area contributed by atoms with Crippen LogP contribution >= 0.6 is 0 Å². The first-order valence-corrected chi connectivity index (χ1v) is 6.05. The van der Waals surface area contributed by atoms with Gasteiger partial charge >= 0.3 is 5.97 Å². The van der Waals surface area contributed by atoms with E-state index in [1.165, 1.54) is 4.57 Å². The normalized spacial score (nSPS) is 10.5. The predicted octanol–water partition coefficient (Wildman–Crippen LogP) is 1.34. The number of carboxylic acids is 1. The SMILES string of the molecule is Cc1ccc2c(c1)c(NCC(=O)O)c(C=N)c(=O)n2C. The van der Waals surface area contributed by atoms with E-state index < -0.39 is 5.97 Å². The molecule has 0 aliphatic heterocycles. The first-order chi connectivity index (χ1) is 9.45. The van der Waals surface area contributed by atoms with E-state index in [1.807, 2.05) is 25.1 Å². The van der Waals surface area contributed by atoms with Crippen molar-refractivity contribution in [1.82, 2.24) is 4.57 Å². The topological polar surface area (TPSA) is 95.2 Å². The largest absolute Gasteiger partial charge is 0.480 e. The third-order valence-electron chi connectivity index (χ3n) is 3.15. The van der Waals surface area contributed by atoms with Crippen molar-refractivity contribution < 1.29 is 9.90 Å². The molecule has 0 unspecified atom stereocenters. The average molecular weight is 273 g/mol. The molecule has 0 amide bonds. The zero-order chi connectivity index (χ0) is 14.9. The lowest BCUT2D eigenvalue weighted by molar-refractivity contribution is -0.134. The molecule has 1 aromatic heterocycles. The Morgan fingerprint density at radius 3 is 2.80 bits per heavy atom. The van der Waals surface area contributed by atoms with Gasteiger partial charge in [-0.15, -0.1) is 0 Å². The highest BCUT2D eigenvalue weighted by Crippen LogP contribution is 2.25. The molecule has 3 N–H and O–H groups in total. The third kappa shape index (κ3) is 2.27. The van der Waals surface area contributed by atoms with Gasteiger partial charge in [0.05, 0.1) is 16.8 Å². The smallest absolute Gasteiger partial charge is 0.322 e. The highest BCUT2D eigenvalue weighted by molar-refractivity contribution is 6.01. The van der Waals surface area contributed by atoms with Gasteiger partial charge in [0.15, 0.2) is 0 Å². The predicted molar refractivity (Wildman–Crippen MR) is 77.9 cm³/mol. The second-order valence-corrected chi connectivity index (χ2v) is 4.57. The maximum Gasteiger partial charge on any atom is 0.322 e. The monoisotopic (exact) mass is 273 g/mol. The number of hydrogen-bond acceptors (Lipinski definition) is 4. The van der Waals surface area contributed by atoms with Crippen LogP contribution in [0.3, 0.4) is 0 Å². The first-order valence-electron chi connectivity index (χ1n) is 6.05. The Morgan fingerprint density at radius 1 is 1.50 bits per heavy atom. The molecule has 20 heavy (non-hydrogen) atoms. The average Bonchev–Trinajstić information content (AvgIpc) is 2.40. The van der Waals surface area contributed by atoms with Gasteiger partial charge in [-0.2, -0.15) is 0 Å². The van der Waals surface area contributed by atoms with Gasteiger partial charge < -0.3 is 20.4 Å². The number of nitrogens with one attached hydrogen (secondary N) is 2. The Bertz CT molecular complexity index is 762. The molecule has 6 heteroatoms. The van der Waals surface area contributed by atoms with Gasteiger partial charge in [0.2, 0.25) is 0 Å². The van der Waals surface area contributed by atoms with Crippen LogP contribution in [0.15, 0.2) is 23.0 Å². The van der Waals surface area contributed by atoms with Crippen molar-refractivity contribution in [2.75, 3.05) is 11.9 Å². The molecule has 0 fully saturated rings. The molecular weight excluding hydrogens is 258 g/mol. The van der Waals surface area contributed by atoms with E-state index >= 15 is 0 Å². The standard InChI is InChI=1S/C14H15N3O3/c1-8-3-4-11-9(5-8)13(16-7-12(18)19)10(6-15)14(20)17(11)2/h3-6,15-16H,7H2,1-2H3,(H,18,19). The molecular formula is C14H15N3O3. The number of aliphatic carboxylic acids is 1. The fraction of sp³-hybridized carbons (Fsp3) is 0.214. The number of aryl methyl sites for hydroxylation is 2. The summed E-state index contributed by atoms with van der Waals surface area (Å²) in [7, 11) is 1.63. The molecule has 104 valence electrons. The molecule has 1 heterocycles. The van der Waals surface area contributed by atoms with Gasteiger partial charge in [-0.3, -0.25) is 9.59 Å². The highest BCUT2D eigenvalue weighted by Gasteiger charge is 2.14. The number of hydrogen-bond donors (Lipinski definition) is 3. The minimum Gasteiger partial charge on any atom is -0.480 e. The van der Waals surface area contributed by atoms with E-state index in [9.17, 15) is 9.59 Å². The molecule has 0 spiro atoms. The Morgan fingerprint density at radius 2 is 2.20 bits per heavy atom. The number of anilines is 1. The Kier molecular flexibility index (Phi) is 3.56. The Balaban J connectivity index is 2.82. The summed E-state index contributed by atoms with van der Waals surface area (Å²) in [5.41, 5.74) is 1.91. The van der Waals surface area contributed by atoms with Crippen LogP contribution in [0.25, 0.3) is 10.9 Å². The van der Waals surface area contributed by atoms with Gasteiger partial charge in [0, 0.05) is 18.6 Å². The van der Waals surface area contributed by atoms with Crippen molar-refractivity contribution in [3.8, 4) is 0 Å². The lowest BCUT2D eigenvalue weighted by Gasteiger charge is -2.14. The summed E-state index contributed by atoms with van der Waals surface area (Å²) in [6.45, 7) is 1.60. The van der Waals surface area contributed by atoms with Crippen LogP contribution in [0.4, 0.5) is 5.69 Å².